The van der Waals surface area contributed by atoms with Crippen molar-refractivity contribution in [2.45, 2.75) is 13.3 Å². The molecule has 104 valence electrons. The van der Waals surface area contributed by atoms with Gasteiger partial charge in [0.2, 0.25) is 5.91 Å². The number of hydrogen-bond acceptors (Lipinski definition) is 4. The highest BCUT2D eigenvalue weighted by molar-refractivity contribution is 5.94. The minimum Gasteiger partial charge on any atom is -0.504 e. The number of rotatable bonds is 6. The van der Waals surface area contributed by atoms with Crippen LogP contribution in [-0.2, 0) is 4.79 Å². The predicted molar refractivity (Wildman–Crippen MR) is 70.3 cm³/mol. The van der Waals surface area contributed by atoms with Gasteiger partial charge < -0.3 is 20.5 Å². The molecule has 6 nitrogen and oxygen atoms in total. The summed E-state index contributed by atoms with van der Waals surface area (Å²) in [6.45, 7) is 2.43. The van der Waals surface area contributed by atoms with Crippen molar-refractivity contribution < 1.29 is 19.4 Å². The molecule has 2 amide bonds. The summed E-state index contributed by atoms with van der Waals surface area (Å²) in [5.74, 6) is -0.0914. The number of hydrogen-bond donors (Lipinski definition) is 3. The van der Waals surface area contributed by atoms with E-state index in [0.717, 1.165) is 0 Å². The second-order valence-electron chi connectivity index (χ2n) is 3.98. The van der Waals surface area contributed by atoms with Gasteiger partial charge in [0.1, 0.15) is 0 Å². The van der Waals surface area contributed by atoms with Crippen LogP contribution in [-0.4, -0.2) is 37.1 Å². The molecule has 1 aromatic rings. The third kappa shape index (κ3) is 4.87. The minimum absolute atomic E-state index is 0.00953. The number of aromatic hydroxyl groups is 1. The van der Waals surface area contributed by atoms with E-state index in [-0.39, 0.29) is 23.3 Å². The molecule has 6 heteroatoms. The van der Waals surface area contributed by atoms with Crippen molar-refractivity contribution in [2.75, 3.05) is 20.2 Å². The van der Waals surface area contributed by atoms with Gasteiger partial charge in [-0.15, -0.1) is 0 Å². The number of phenols is 1. The average Bonchev–Trinajstić information content (AvgIpc) is 2.38. The van der Waals surface area contributed by atoms with Crippen LogP contribution >= 0.6 is 0 Å². The quantitative estimate of drug-likeness (QED) is 0.660. The molecular weight excluding hydrogens is 248 g/mol. The van der Waals surface area contributed by atoms with E-state index in [0.29, 0.717) is 25.1 Å². The Bertz CT molecular complexity index is 460. The van der Waals surface area contributed by atoms with Crippen molar-refractivity contribution in [3.05, 3.63) is 23.8 Å². The fourth-order valence-electron chi connectivity index (χ4n) is 1.48. The number of carbonyl (C=O) groups excluding carboxylic acids is 2. The monoisotopic (exact) mass is 266 g/mol. The Labute approximate surface area is 111 Å². The highest BCUT2D eigenvalue weighted by Gasteiger charge is 2.08. The van der Waals surface area contributed by atoms with Crippen LogP contribution in [0.25, 0.3) is 0 Å². The molecule has 0 unspecified atom stereocenters. The number of amides is 2. The first-order chi connectivity index (χ1) is 9.04. The van der Waals surface area contributed by atoms with E-state index < -0.39 is 0 Å². The summed E-state index contributed by atoms with van der Waals surface area (Å²) in [5, 5.41) is 14.8. The summed E-state index contributed by atoms with van der Waals surface area (Å²) in [6, 6.07) is 4.39. The molecule has 0 spiro atoms. The zero-order valence-corrected chi connectivity index (χ0v) is 11.0. The van der Waals surface area contributed by atoms with Gasteiger partial charge in [0.25, 0.3) is 5.91 Å². The third-order valence-corrected chi connectivity index (χ3v) is 2.45. The lowest BCUT2D eigenvalue weighted by Gasteiger charge is -2.08. The van der Waals surface area contributed by atoms with E-state index in [2.05, 4.69) is 10.6 Å². The molecular formula is C13H18N2O4. The van der Waals surface area contributed by atoms with Crippen molar-refractivity contribution in [1.29, 1.82) is 0 Å². The summed E-state index contributed by atoms with van der Waals surface area (Å²) in [5.41, 5.74) is 0.411. The number of ether oxygens (including phenoxy) is 1. The van der Waals surface area contributed by atoms with Crippen molar-refractivity contribution in [3.8, 4) is 11.5 Å². The van der Waals surface area contributed by atoms with Crippen LogP contribution in [0.5, 0.6) is 11.5 Å². The lowest BCUT2D eigenvalue weighted by Crippen LogP contribution is -2.28. The number of phenolic OH excluding ortho intramolecular Hbond substituents is 1. The minimum atomic E-state index is -0.249. The Morgan fingerprint density at radius 1 is 1.26 bits per heavy atom. The van der Waals surface area contributed by atoms with Crippen LogP contribution in [0.1, 0.15) is 23.7 Å². The summed E-state index contributed by atoms with van der Waals surface area (Å²) >= 11 is 0. The maximum Gasteiger partial charge on any atom is 0.251 e. The van der Waals surface area contributed by atoms with E-state index in [4.69, 9.17) is 4.74 Å². The maximum absolute atomic E-state index is 11.8. The van der Waals surface area contributed by atoms with E-state index in [9.17, 15) is 14.7 Å². The molecule has 1 rings (SSSR count). The van der Waals surface area contributed by atoms with Crippen LogP contribution in [0.15, 0.2) is 18.2 Å². The zero-order chi connectivity index (χ0) is 14.3. The van der Waals surface area contributed by atoms with Crippen LogP contribution in [0, 0.1) is 0 Å². The zero-order valence-electron chi connectivity index (χ0n) is 11.0. The Hall–Kier alpha value is -2.24. The molecule has 0 aromatic heterocycles. The number of carbonyl (C=O) groups is 2. The molecule has 19 heavy (non-hydrogen) atoms. The van der Waals surface area contributed by atoms with Gasteiger partial charge in [-0.25, -0.2) is 0 Å². The third-order valence-electron chi connectivity index (χ3n) is 2.45. The van der Waals surface area contributed by atoms with Crippen LogP contribution in [0.4, 0.5) is 0 Å². The number of methoxy groups -OCH3 is 1. The lowest BCUT2D eigenvalue weighted by molar-refractivity contribution is -0.118. The van der Waals surface area contributed by atoms with Crippen LogP contribution < -0.4 is 15.4 Å². The Morgan fingerprint density at radius 3 is 2.58 bits per heavy atom. The van der Waals surface area contributed by atoms with E-state index in [1.807, 2.05) is 0 Å². The number of benzene rings is 1. The smallest absolute Gasteiger partial charge is 0.251 e. The second-order valence-corrected chi connectivity index (χ2v) is 3.98. The Balaban J connectivity index is 2.43. The van der Waals surface area contributed by atoms with Gasteiger partial charge >= 0.3 is 0 Å². The molecule has 0 radical (unpaired) electrons. The summed E-state index contributed by atoms with van der Waals surface area (Å²) in [7, 11) is 1.42. The standard InChI is InChI=1S/C13H18N2O4/c1-9(16)14-6-3-7-15-13(18)10-4-5-11(17)12(8-10)19-2/h4-5,8,17H,3,6-7H2,1-2H3,(H,14,16)(H,15,18). The molecule has 0 bridgehead atoms. The topological polar surface area (TPSA) is 87.7 Å². The number of nitrogens with one attached hydrogen (secondary N) is 2. The van der Waals surface area contributed by atoms with Gasteiger partial charge in [-0.2, -0.15) is 0 Å². The van der Waals surface area contributed by atoms with E-state index in [1.165, 1.54) is 32.2 Å². The summed E-state index contributed by atoms with van der Waals surface area (Å²) in [4.78, 5) is 22.4. The van der Waals surface area contributed by atoms with Crippen LogP contribution in [0.3, 0.4) is 0 Å². The summed E-state index contributed by atoms with van der Waals surface area (Å²) < 4.78 is 4.93. The molecule has 0 heterocycles. The first kappa shape index (κ1) is 14.8. The molecule has 0 saturated heterocycles. The molecule has 0 aliphatic rings. The Kier molecular flexibility index (Phi) is 5.66. The SMILES string of the molecule is COc1cc(C(=O)NCCCNC(C)=O)ccc1O. The van der Waals surface area contributed by atoms with Gasteiger partial charge in [-0.3, -0.25) is 9.59 Å². The highest BCUT2D eigenvalue weighted by Crippen LogP contribution is 2.26. The van der Waals surface area contributed by atoms with Gasteiger partial charge in [0.05, 0.1) is 7.11 Å². The maximum atomic E-state index is 11.8. The van der Waals surface area contributed by atoms with Crippen molar-refractivity contribution in [1.82, 2.24) is 10.6 Å². The van der Waals surface area contributed by atoms with E-state index >= 15 is 0 Å². The molecule has 0 aliphatic carbocycles. The normalized spacial score (nSPS) is 9.79. The summed E-state index contributed by atoms with van der Waals surface area (Å²) in [6.07, 6.45) is 0.653. The molecule has 0 atom stereocenters. The fraction of sp³-hybridized carbons (Fsp3) is 0.385. The molecule has 0 aliphatic heterocycles. The molecule has 3 N–H and O–H groups in total. The van der Waals surface area contributed by atoms with Crippen molar-refractivity contribution in [2.24, 2.45) is 0 Å². The van der Waals surface area contributed by atoms with Gasteiger partial charge in [-0.1, -0.05) is 0 Å². The first-order valence-electron chi connectivity index (χ1n) is 5.94. The van der Waals surface area contributed by atoms with Gasteiger partial charge in [0.15, 0.2) is 11.5 Å². The highest BCUT2D eigenvalue weighted by atomic mass is 16.5. The lowest BCUT2D eigenvalue weighted by atomic mass is 10.2. The fourth-order valence-corrected chi connectivity index (χ4v) is 1.48. The first-order valence-corrected chi connectivity index (χ1v) is 5.94. The average molecular weight is 266 g/mol. The molecule has 0 fully saturated rings. The van der Waals surface area contributed by atoms with Gasteiger partial charge in [-0.05, 0) is 24.6 Å². The van der Waals surface area contributed by atoms with E-state index in [1.54, 1.807) is 0 Å². The van der Waals surface area contributed by atoms with Crippen LogP contribution in [0.2, 0.25) is 0 Å². The molecule has 0 saturated carbocycles. The Morgan fingerprint density at radius 2 is 1.95 bits per heavy atom. The largest absolute Gasteiger partial charge is 0.504 e. The molecule has 1 aromatic carbocycles. The van der Waals surface area contributed by atoms with Crippen molar-refractivity contribution in [3.63, 3.8) is 0 Å². The van der Waals surface area contributed by atoms with Crippen molar-refractivity contribution >= 4 is 11.8 Å². The second kappa shape index (κ2) is 7.25. The van der Waals surface area contributed by atoms with Gasteiger partial charge in [0, 0.05) is 25.6 Å². The predicted octanol–water partition coefficient (Wildman–Crippen LogP) is 0.657.